The normalized spacial score (nSPS) is 20.7. The lowest BCUT2D eigenvalue weighted by molar-refractivity contribution is -0.151. The Balaban J connectivity index is 1.82. The summed E-state index contributed by atoms with van der Waals surface area (Å²) in [5.74, 6) is -6.43. The molecule has 3 rings (SSSR count). The summed E-state index contributed by atoms with van der Waals surface area (Å²) in [6, 6.07) is 4.60. The highest BCUT2D eigenvalue weighted by Crippen LogP contribution is 2.42. The van der Waals surface area contributed by atoms with Gasteiger partial charge in [-0.25, -0.2) is 4.79 Å². The van der Waals surface area contributed by atoms with E-state index in [1.807, 2.05) is 54.5 Å². The van der Waals surface area contributed by atoms with E-state index in [-0.39, 0.29) is 49.3 Å². The number of benzene rings is 1. The summed E-state index contributed by atoms with van der Waals surface area (Å²) in [6.45, 7) is 24.1. The van der Waals surface area contributed by atoms with E-state index in [4.69, 9.17) is 15.2 Å². The number of hydrogen-bond donors (Lipinski definition) is 4. The molecule has 18 heteroatoms. The van der Waals surface area contributed by atoms with Gasteiger partial charge in [0, 0.05) is 53.2 Å². The first-order valence-electron chi connectivity index (χ1n) is 26.3. The minimum atomic E-state index is -1.62. The van der Waals surface area contributed by atoms with Crippen molar-refractivity contribution < 1.29 is 52.9 Å². The monoisotopic (exact) mass is 1030 g/mol. The van der Waals surface area contributed by atoms with Crippen LogP contribution in [0.4, 0.5) is 0 Å². The maximum absolute atomic E-state index is 14.8. The van der Waals surface area contributed by atoms with Crippen LogP contribution >= 0.6 is 0 Å². The molecule has 7 amide bonds. The van der Waals surface area contributed by atoms with Gasteiger partial charge in [0.05, 0.1) is 48.1 Å². The predicted octanol–water partition coefficient (Wildman–Crippen LogP) is 5.04. The number of aliphatic carboxylic acids is 1. The second kappa shape index (κ2) is 26.0. The molecular formula is C55H91N7O11. The molecular weight excluding hydrogens is 935 g/mol. The molecule has 0 aromatic heterocycles. The second-order valence-electron chi connectivity index (χ2n) is 23.1. The number of nitrogens with one attached hydrogen (secondary N) is 2. The van der Waals surface area contributed by atoms with E-state index in [1.54, 1.807) is 75.7 Å². The van der Waals surface area contributed by atoms with E-state index in [0.717, 1.165) is 5.56 Å². The Hall–Kier alpha value is -4.94. The van der Waals surface area contributed by atoms with Crippen molar-refractivity contribution in [1.82, 2.24) is 30.2 Å². The average molecular weight is 1030 g/mol. The van der Waals surface area contributed by atoms with Crippen LogP contribution in [0.2, 0.25) is 0 Å². The number of methoxy groups -OCH3 is 2. The molecule has 5 N–H and O–H groups in total. The molecule has 1 aromatic carbocycles. The first-order valence-corrected chi connectivity index (χ1v) is 26.3. The van der Waals surface area contributed by atoms with Crippen LogP contribution in [0.5, 0.6) is 0 Å². The van der Waals surface area contributed by atoms with Crippen molar-refractivity contribution in [3.05, 3.63) is 35.9 Å². The topological polar surface area (TPSA) is 238 Å². The molecule has 2 saturated heterocycles. The molecule has 2 aliphatic heterocycles. The zero-order valence-corrected chi connectivity index (χ0v) is 47.1. The van der Waals surface area contributed by atoms with Gasteiger partial charge in [0.25, 0.3) is 0 Å². The number of nitrogens with zero attached hydrogens (tertiary/aromatic N) is 4. The van der Waals surface area contributed by atoms with Crippen molar-refractivity contribution >= 4 is 47.3 Å². The van der Waals surface area contributed by atoms with Crippen molar-refractivity contribution in [3.8, 4) is 0 Å². The van der Waals surface area contributed by atoms with Crippen molar-refractivity contribution in [1.29, 1.82) is 0 Å². The number of rotatable bonds is 27. The standard InChI is InChI=1S/C55H91N7O11/c1-18-34(7)45(40(72-16)30-41(63)61-27-23-26-39(61)46(73-17)35(8)47(65)57-38(51(69)70)28-36-24-21-20-22-25-36)59(14)50(68)43(32(3)4)58-48(66)44(33(5)6)60(15)52(71)55(13,56)31-54(11,12)62-42(64)29-37(49(62)67)53(9,10)19-2/h20-22,24-25,32-35,37-40,43-46H,18-19,23,26-31,56H2,1-17H3,(H,57,65)(H,58,66)(H,69,70)/t34-,35+,37?,38-,39-,40+,43-,44-,45-,46+,55?/m0/s1. The van der Waals surface area contributed by atoms with E-state index >= 15 is 0 Å². The van der Waals surface area contributed by atoms with Crippen LogP contribution in [0.3, 0.4) is 0 Å². The van der Waals surface area contributed by atoms with Crippen LogP contribution in [0.15, 0.2) is 30.3 Å². The van der Waals surface area contributed by atoms with Gasteiger partial charge in [0.15, 0.2) is 0 Å². The number of nitrogens with two attached hydrogens (primary N) is 1. The maximum Gasteiger partial charge on any atom is 0.326 e. The smallest absolute Gasteiger partial charge is 0.326 e. The Morgan fingerprint density at radius 2 is 1.47 bits per heavy atom. The van der Waals surface area contributed by atoms with Crippen LogP contribution < -0.4 is 16.4 Å². The predicted molar refractivity (Wildman–Crippen MR) is 279 cm³/mol. The fourth-order valence-corrected chi connectivity index (χ4v) is 11.3. The van der Waals surface area contributed by atoms with E-state index in [2.05, 4.69) is 10.6 Å². The summed E-state index contributed by atoms with van der Waals surface area (Å²) in [7, 11) is 6.09. The van der Waals surface area contributed by atoms with E-state index in [0.29, 0.717) is 32.2 Å². The van der Waals surface area contributed by atoms with E-state index in [9.17, 15) is 43.5 Å². The summed E-state index contributed by atoms with van der Waals surface area (Å²) in [6.07, 6.45) is 0.969. The lowest BCUT2D eigenvalue weighted by Crippen LogP contribution is -2.64. The zero-order valence-electron chi connectivity index (χ0n) is 47.1. The zero-order chi connectivity index (χ0) is 55.7. The first kappa shape index (κ1) is 62.4. The fourth-order valence-electron chi connectivity index (χ4n) is 11.3. The van der Waals surface area contributed by atoms with Gasteiger partial charge in [-0.05, 0) is 68.8 Å². The second-order valence-corrected chi connectivity index (χ2v) is 23.1. The summed E-state index contributed by atoms with van der Waals surface area (Å²) < 4.78 is 12.0. The molecule has 2 unspecified atom stereocenters. The molecule has 2 aliphatic rings. The quantitative estimate of drug-likeness (QED) is 0.0849. The van der Waals surface area contributed by atoms with Gasteiger partial charge < -0.3 is 45.6 Å². The largest absolute Gasteiger partial charge is 0.480 e. The summed E-state index contributed by atoms with van der Waals surface area (Å²) in [5.41, 5.74) is 4.41. The minimum Gasteiger partial charge on any atom is -0.480 e. The van der Waals surface area contributed by atoms with Gasteiger partial charge in [-0.1, -0.05) is 112 Å². The molecule has 412 valence electrons. The fraction of sp³-hybridized carbons (Fsp3) is 0.745. The lowest BCUT2D eigenvalue weighted by Gasteiger charge is -2.43. The SMILES string of the molecule is CC[C@H](C)[C@@H]([C@@H](CC(=O)N1CCC[C@H]1[C@H](OC)[C@@H](C)C(=O)N[C@@H](Cc1ccccc1)C(=O)O)OC)N(C)C(=O)[C@@H](NC(=O)[C@H](C(C)C)N(C)C(=O)C(C)(N)CC(C)(C)N1C(=O)CC(C(C)(C)CC)C1=O)C(C)C. The Morgan fingerprint density at radius 3 is 1.97 bits per heavy atom. The molecule has 18 nitrogen and oxygen atoms in total. The van der Waals surface area contributed by atoms with Gasteiger partial charge in [0.1, 0.15) is 18.1 Å². The van der Waals surface area contributed by atoms with Crippen LogP contribution in [0.1, 0.15) is 141 Å². The molecule has 0 spiro atoms. The number of hydrogen-bond acceptors (Lipinski definition) is 11. The molecule has 0 radical (unpaired) electrons. The number of ether oxygens (including phenoxy) is 2. The first-order chi connectivity index (χ1) is 33.8. The molecule has 2 heterocycles. The molecule has 0 saturated carbocycles. The van der Waals surface area contributed by atoms with Gasteiger partial charge in [0.2, 0.25) is 41.4 Å². The molecule has 11 atom stereocenters. The Morgan fingerprint density at radius 1 is 0.863 bits per heavy atom. The van der Waals surface area contributed by atoms with Crippen molar-refractivity contribution in [2.24, 2.45) is 40.7 Å². The number of likely N-dealkylation sites (tertiary alicyclic amines) is 2. The number of carbonyl (C=O) groups excluding carboxylic acids is 7. The Kier molecular flexibility index (Phi) is 22.2. The van der Waals surface area contributed by atoms with Crippen LogP contribution in [0.25, 0.3) is 0 Å². The number of carboxylic acid groups (broad SMARTS) is 1. The van der Waals surface area contributed by atoms with Crippen LogP contribution in [-0.4, -0.2) is 160 Å². The van der Waals surface area contributed by atoms with Gasteiger partial charge in [-0.15, -0.1) is 0 Å². The van der Waals surface area contributed by atoms with E-state index < -0.39 is 112 Å². The third-order valence-corrected chi connectivity index (χ3v) is 15.9. The molecule has 0 bridgehead atoms. The Labute approximate surface area is 435 Å². The van der Waals surface area contributed by atoms with E-state index in [1.165, 1.54) is 38.0 Å². The number of likely N-dealkylation sites (N-methyl/N-ethyl adjacent to an activating group) is 2. The lowest BCUT2D eigenvalue weighted by atomic mass is 9.75. The molecule has 73 heavy (non-hydrogen) atoms. The molecule has 2 fully saturated rings. The highest BCUT2D eigenvalue weighted by Gasteiger charge is 2.53. The highest BCUT2D eigenvalue weighted by molar-refractivity contribution is 6.05. The van der Waals surface area contributed by atoms with Gasteiger partial charge in [-0.2, -0.15) is 0 Å². The number of amides is 7. The number of carboxylic acids is 1. The third-order valence-electron chi connectivity index (χ3n) is 15.9. The number of carbonyl (C=O) groups is 8. The molecule has 1 aromatic rings. The summed E-state index contributed by atoms with van der Waals surface area (Å²) in [4.78, 5) is 117. The van der Waals surface area contributed by atoms with Crippen molar-refractivity contribution in [3.63, 3.8) is 0 Å². The van der Waals surface area contributed by atoms with Gasteiger partial charge >= 0.3 is 5.97 Å². The van der Waals surface area contributed by atoms with Crippen LogP contribution in [0, 0.1) is 35.0 Å². The van der Waals surface area contributed by atoms with Crippen LogP contribution in [-0.2, 0) is 54.3 Å². The third kappa shape index (κ3) is 14.9. The van der Waals surface area contributed by atoms with Crippen molar-refractivity contribution in [2.75, 3.05) is 34.9 Å². The summed E-state index contributed by atoms with van der Waals surface area (Å²) >= 11 is 0. The van der Waals surface area contributed by atoms with Crippen molar-refractivity contribution in [2.45, 2.75) is 195 Å². The summed E-state index contributed by atoms with van der Waals surface area (Å²) in [5, 5.41) is 15.6. The average Bonchev–Trinajstić information content (AvgIpc) is 3.93. The maximum atomic E-state index is 14.8. The molecule has 0 aliphatic carbocycles. The Bertz CT molecular complexity index is 2090. The number of imide groups is 1. The van der Waals surface area contributed by atoms with Gasteiger partial charge in [-0.3, -0.25) is 38.5 Å². The minimum absolute atomic E-state index is 0.0728. The highest BCUT2D eigenvalue weighted by atomic mass is 16.5.